The van der Waals surface area contributed by atoms with Crippen LogP contribution in [0.2, 0.25) is 0 Å². The van der Waals surface area contributed by atoms with Gasteiger partial charge in [-0.2, -0.15) is 39.5 Å². The monoisotopic (exact) mass is 630 g/mol. The summed E-state index contributed by atoms with van der Waals surface area (Å²) >= 11 is 0. The topological polar surface area (TPSA) is 122 Å². The molecule has 2 rings (SSSR count). The number of aliphatic carboxylic acids is 1. The first-order chi connectivity index (χ1) is 19.1. The maximum atomic E-state index is 12.8. The van der Waals surface area contributed by atoms with Crippen molar-refractivity contribution in [1.29, 1.82) is 0 Å². The summed E-state index contributed by atoms with van der Waals surface area (Å²) < 4.78 is 118. The number of amides is 1. The number of carbonyl (C=O) groups excluding carboxylic acids is 1. The number of anilines is 1. The van der Waals surface area contributed by atoms with E-state index < -0.39 is 47.8 Å². The number of alkyl halides is 9. The maximum absolute atomic E-state index is 12.8. The van der Waals surface area contributed by atoms with Gasteiger partial charge in [-0.25, -0.2) is 4.79 Å². The van der Waals surface area contributed by atoms with Crippen molar-refractivity contribution in [1.82, 2.24) is 9.80 Å². The molecule has 0 spiro atoms. The molecular weight excluding hydrogens is 591 g/mol. The number of nitrogens with zero attached hydrogens (tertiary/aromatic N) is 2. The minimum atomic E-state index is -5.81. The van der Waals surface area contributed by atoms with E-state index in [2.05, 4.69) is 10.5 Å². The number of carboxylic acid groups (broad SMARTS) is 1. The van der Waals surface area contributed by atoms with E-state index in [0.717, 1.165) is 17.0 Å². The number of likely N-dealkylation sites (tertiary alicyclic amines) is 1. The molecule has 1 amide bonds. The van der Waals surface area contributed by atoms with Crippen LogP contribution in [0.3, 0.4) is 0 Å². The largest absolute Gasteiger partial charge is 0.480 e. The highest BCUT2D eigenvalue weighted by Crippen LogP contribution is 2.37. The fourth-order valence-corrected chi connectivity index (χ4v) is 3.41. The molecular formula is C25H39F9N4O4. The van der Waals surface area contributed by atoms with E-state index >= 15 is 0 Å². The summed E-state index contributed by atoms with van der Waals surface area (Å²) in [5, 5.41) is 7.60. The van der Waals surface area contributed by atoms with Gasteiger partial charge in [0.05, 0.1) is 12.1 Å². The average Bonchev–Trinajstić information content (AvgIpc) is 2.89. The second-order valence-corrected chi connectivity index (χ2v) is 8.70. The molecule has 8 nitrogen and oxygen atoms in total. The van der Waals surface area contributed by atoms with Gasteiger partial charge in [-0.3, -0.25) is 9.69 Å². The van der Waals surface area contributed by atoms with E-state index in [9.17, 15) is 49.1 Å². The number of benzene rings is 1. The molecule has 246 valence electrons. The van der Waals surface area contributed by atoms with Crippen LogP contribution in [0.25, 0.3) is 0 Å². The van der Waals surface area contributed by atoms with Crippen LogP contribution in [0.5, 0.6) is 0 Å². The summed E-state index contributed by atoms with van der Waals surface area (Å²) in [7, 11) is 1.65. The number of hydrogen-bond donors (Lipinski definition) is 3. The van der Waals surface area contributed by atoms with Crippen LogP contribution >= 0.6 is 0 Å². The summed E-state index contributed by atoms with van der Waals surface area (Å²) in [5.41, 5.74) is 9.09. The van der Waals surface area contributed by atoms with Crippen LogP contribution in [0.15, 0.2) is 18.2 Å². The minimum absolute atomic E-state index is 0.0772. The zero-order valence-corrected chi connectivity index (χ0v) is 24.2. The molecule has 0 aliphatic carbocycles. The quantitative estimate of drug-likeness (QED) is 0.258. The van der Waals surface area contributed by atoms with Crippen LogP contribution in [0, 0.1) is 0 Å². The molecule has 5 N–H and O–H groups in total. The fourth-order valence-electron chi connectivity index (χ4n) is 3.41. The van der Waals surface area contributed by atoms with Gasteiger partial charge in [0.2, 0.25) is 0 Å². The molecule has 0 saturated carbocycles. The number of piperidine rings is 1. The lowest BCUT2D eigenvalue weighted by atomic mass is 9.87. The maximum Gasteiger partial charge on any atom is 0.434 e. The predicted molar refractivity (Wildman–Crippen MR) is 138 cm³/mol. The summed E-state index contributed by atoms with van der Waals surface area (Å²) in [5.74, 6) is -0.968. The number of halogens is 9. The van der Waals surface area contributed by atoms with Crippen LogP contribution < -0.4 is 11.5 Å². The Hall–Kier alpha value is -2.95. The van der Waals surface area contributed by atoms with Crippen LogP contribution in [0.4, 0.5) is 50.0 Å². The van der Waals surface area contributed by atoms with Gasteiger partial charge in [-0.1, -0.05) is 33.8 Å². The summed E-state index contributed by atoms with van der Waals surface area (Å²) in [4.78, 5) is 23.7. The Morgan fingerprint density at radius 3 is 1.76 bits per heavy atom. The van der Waals surface area contributed by atoms with Crippen molar-refractivity contribution >= 4 is 17.7 Å². The smallest absolute Gasteiger partial charge is 0.434 e. The highest BCUT2D eigenvalue weighted by molar-refractivity contribution is 5.68. The second-order valence-electron chi connectivity index (χ2n) is 8.70. The van der Waals surface area contributed by atoms with E-state index in [1.807, 2.05) is 27.7 Å². The standard InChI is InChI=1S/C19H22F9N3O2.C2H5NO2.2C2H6/c1-16(30(2)10-11-3-4-12(9-13(11)29)17(20,21)22)5-7-31(8-6-16)15(32)33-14(18(23,24)25)19(26,27)28;3-1-2(4)5;2*1-2/h3-4,9,14H,5-8,10,29H2,1-2H3;1,3H2,(H,4,5);2*1-2H3. The zero-order chi connectivity index (χ0) is 33.7. The number of carboxylic acids is 1. The van der Waals surface area contributed by atoms with Crippen LogP contribution in [-0.4, -0.2) is 77.6 Å². The van der Waals surface area contributed by atoms with E-state index in [-0.39, 0.29) is 44.7 Å². The highest BCUT2D eigenvalue weighted by Gasteiger charge is 2.60. The SMILES string of the molecule is CC.CC.CN(Cc1ccc(C(F)(F)F)cc1N)C1(C)CCN(C(=O)OC(C(F)(F)F)C(F)(F)F)CC1.NCC(=O)O. The molecule has 17 heteroatoms. The van der Waals surface area contributed by atoms with Crippen molar-refractivity contribution in [3.63, 3.8) is 0 Å². The molecule has 0 bridgehead atoms. The Morgan fingerprint density at radius 2 is 1.43 bits per heavy atom. The molecule has 1 aromatic rings. The first kappa shape index (κ1) is 41.2. The van der Waals surface area contributed by atoms with Gasteiger partial charge >= 0.3 is 30.6 Å². The molecule has 1 saturated heterocycles. The third-order valence-corrected chi connectivity index (χ3v) is 5.89. The van der Waals surface area contributed by atoms with Crippen molar-refractivity contribution in [2.75, 3.05) is 32.4 Å². The van der Waals surface area contributed by atoms with Crippen molar-refractivity contribution in [2.45, 2.75) is 84.2 Å². The molecule has 0 radical (unpaired) electrons. The van der Waals surface area contributed by atoms with Gasteiger partial charge in [0.1, 0.15) is 0 Å². The predicted octanol–water partition coefficient (Wildman–Crippen LogP) is 6.29. The number of ether oxygens (including phenoxy) is 1. The Labute approximate surface area is 238 Å². The van der Waals surface area contributed by atoms with Crippen LogP contribution in [0.1, 0.15) is 58.6 Å². The number of nitrogens with two attached hydrogens (primary N) is 2. The average molecular weight is 631 g/mol. The van der Waals surface area contributed by atoms with Crippen molar-refractivity contribution < 1.29 is 58.9 Å². The first-order valence-electron chi connectivity index (χ1n) is 12.8. The number of hydrogen-bond acceptors (Lipinski definition) is 6. The first-order valence-corrected chi connectivity index (χ1v) is 12.8. The molecule has 0 atom stereocenters. The van der Waals surface area contributed by atoms with Crippen molar-refractivity contribution in [2.24, 2.45) is 5.73 Å². The number of carbonyl (C=O) groups is 2. The third-order valence-electron chi connectivity index (χ3n) is 5.89. The molecule has 42 heavy (non-hydrogen) atoms. The Morgan fingerprint density at radius 1 is 1.00 bits per heavy atom. The second kappa shape index (κ2) is 17.2. The molecule has 1 heterocycles. The van der Waals surface area contributed by atoms with Gasteiger partial charge in [-0.05, 0) is 44.5 Å². The Bertz CT molecular complexity index is 949. The van der Waals surface area contributed by atoms with E-state index in [4.69, 9.17) is 10.8 Å². The highest BCUT2D eigenvalue weighted by atomic mass is 19.4. The summed E-state index contributed by atoms with van der Waals surface area (Å²) in [6.45, 7) is 9.26. The molecule has 0 unspecified atom stereocenters. The molecule has 0 aromatic heterocycles. The third kappa shape index (κ3) is 13.4. The van der Waals surface area contributed by atoms with Gasteiger partial charge in [0.25, 0.3) is 6.10 Å². The normalized spacial score (nSPS) is 15.0. The lowest BCUT2D eigenvalue weighted by molar-refractivity contribution is -0.308. The molecule has 1 aliphatic heterocycles. The van der Waals surface area contributed by atoms with E-state index in [0.29, 0.717) is 5.56 Å². The van der Waals surface area contributed by atoms with E-state index in [1.165, 1.54) is 6.07 Å². The fraction of sp³-hybridized carbons (Fsp3) is 0.680. The molecule has 1 aliphatic rings. The molecule has 1 fully saturated rings. The van der Waals surface area contributed by atoms with Gasteiger partial charge in [0.15, 0.2) is 0 Å². The van der Waals surface area contributed by atoms with Gasteiger partial charge in [0, 0.05) is 30.9 Å². The Kier molecular flexibility index (Phi) is 16.9. The lowest BCUT2D eigenvalue weighted by Crippen LogP contribution is -2.54. The molecule has 1 aromatic carbocycles. The number of rotatable bonds is 5. The van der Waals surface area contributed by atoms with Gasteiger partial charge < -0.3 is 26.2 Å². The summed E-state index contributed by atoms with van der Waals surface area (Å²) in [6.07, 6.45) is -21.8. The van der Waals surface area contributed by atoms with E-state index in [1.54, 1.807) is 18.9 Å². The van der Waals surface area contributed by atoms with Crippen molar-refractivity contribution in [3.8, 4) is 0 Å². The van der Waals surface area contributed by atoms with Crippen molar-refractivity contribution in [3.05, 3.63) is 29.3 Å². The lowest BCUT2D eigenvalue weighted by Gasteiger charge is -2.45. The minimum Gasteiger partial charge on any atom is -0.480 e. The van der Waals surface area contributed by atoms with Gasteiger partial charge in [-0.15, -0.1) is 0 Å². The van der Waals surface area contributed by atoms with Crippen LogP contribution in [-0.2, 0) is 22.3 Å². The Balaban J connectivity index is 0. The summed E-state index contributed by atoms with van der Waals surface area (Å²) in [6, 6.07) is 2.93. The zero-order valence-electron chi connectivity index (χ0n) is 24.2. The number of nitrogen functional groups attached to an aromatic ring is 1.